The molecular formula is C20H21N5O. The Balaban J connectivity index is 1.71. The summed E-state index contributed by atoms with van der Waals surface area (Å²) in [6, 6.07) is 11.7. The molecule has 0 radical (unpaired) electrons. The van der Waals surface area contributed by atoms with Crippen molar-refractivity contribution in [1.29, 1.82) is 0 Å². The Hall–Kier alpha value is -3.28. The van der Waals surface area contributed by atoms with Crippen molar-refractivity contribution in [2.75, 3.05) is 0 Å². The molecule has 1 N–H and O–H groups in total. The maximum Gasteiger partial charge on any atom is 0.271 e. The van der Waals surface area contributed by atoms with Crippen molar-refractivity contribution in [2.24, 2.45) is 5.10 Å². The lowest BCUT2D eigenvalue weighted by Crippen LogP contribution is -2.17. The molecule has 0 aliphatic heterocycles. The first kappa shape index (κ1) is 17.5. The predicted molar refractivity (Wildman–Crippen MR) is 101 cm³/mol. The number of benzene rings is 1. The van der Waals surface area contributed by atoms with Crippen molar-refractivity contribution in [3.8, 4) is 0 Å². The first-order valence-electron chi connectivity index (χ1n) is 8.37. The van der Waals surface area contributed by atoms with Gasteiger partial charge < -0.3 is 0 Å². The Morgan fingerprint density at radius 1 is 1.12 bits per heavy atom. The Morgan fingerprint density at radius 2 is 1.81 bits per heavy atom. The summed E-state index contributed by atoms with van der Waals surface area (Å²) in [6.45, 7) is 6.71. The van der Waals surface area contributed by atoms with Gasteiger partial charge in [-0.3, -0.25) is 14.5 Å². The van der Waals surface area contributed by atoms with E-state index in [9.17, 15) is 4.79 Å². The lowest BCUT2D eigenvalue weighted by molar-refractivity contribution is 0.0955. The largest absolute Gasteiger partial charge is 0.271 e. The highest BCUT2D eigenvalue weighted by Gasteiger charge is 2.10. The minimum atomic E-state index is -0.272. The fourth-order valence-electron chi connectivity index (χ4n) is 2.64. The van der Waals surface area contributed by atoms with Crippen molar-refractivity contribution in [1.82, 2.24) is 20.2 Å². The van der Waals surface area contributed by atoms with Crippen LogP contribution in [0.5, 0.6) is 0 Å². The van der Waals surface area contributed by atoms with E-state index in [4.69, 9.17) is 0 Å². The van der Waals surface area contributed by atoms with Crippen LogP contribution in [0.3, 0.4) is 0 Å². The molecule has 0 saturated carbocycles. The van der Waals surface area contributed by atoms with Crippen LogP contribution in [0, 0.1) is 20.8 Å². The topological polar surface area (TPSA) is 72.2 Å². The number of aryl methyl sites for hydroxylation is 2. The van der Waals surface area contributed by atoms with Gasteiger partial charge in [-0.1, -0.05) is 29.8 Å². The van der Waals surface area contributed by atoms with E-state index in [-0.39, 0.29) is 5.91 Å². The van der Waals surface area contributed by atoms with Crippen LogP contribution in [0.15, 0.2) is 53.9 Å². The minimum absolute atomic E-state index is 0.272. The Morgan fingerprint density at radius 3 is 2.50 bits per heavy atom. The molecule has 6 heteroatoms. The van der Waals surface area contributed by atoms with Crippen LogP contribution < -0.4 is 5.43 Å². The van der Waals surface area contributed by atoms with Crippen molar-refractivity contribution in [2.45, 2.75) is 27.3 Å². The first-order chi connectivity index (χ1) is 12.5. The second kappa shape index (κ2) is 7.74. The Labute approximate surface area is 152 Å². The molecule has 0 saturated heterocycles. The van der Waals surface area contributed by atoms with Gasteiger partial charge in [0.1, 0.15) is 0 Å². The number of hydrogen-bond donors (Lipinski definition) is 1. The van der Waals surface area contributed by atoms with Crippen molar-refractivity contribution >= 4 is 12.1 Å². The number of carbonyl (C=O) groups excluding carboxylic acids is 1. The molecule has 0 atom stereocenters. The number of rotatable bonds is 5. The highest BCUT2D eigenvalue weighted by molar-refractivity contribution is 5.94. The van der Waals surface area contributed by atoms with Gasteiger partial charge in [0.15, 0.2) is 0 Å². The molecule has 3 aromatic rings. The van der Waals surface area contributed by atoms with Crippen LogP contribution in [0.1, 0.15) is 38.4 Å². The third-order valence-corrected chi connectivity index (χ3v) is 4.19. The maximum absolute atomic E-state index is 12.0. The number of amides is 1. The molecule has 0 aliphatic rings. The van der Waals surface area contributed by atoms with E-state index >= 15 is 0 Å². The fraction of sp³-hybridized carbons (Fsp3) is 0.200. The van der Waals surface area contributed by atoms with Gasteiger partial charge in [-0.05, 0) is 38.5 Å². The molecule has 0 fully saturated rings. The Bertz CT molecular complexity index is 927. The lowest BCUT2D eigenvalue weighted by atomic mass is 10.1. The second-order valence-electron chi connectivity index (χ2n) is 6.16. The summed E-state index contributed by atoms with van der Waals surface area (Å²) in [6.07, 6.45) is 4.78. The van der Waals surface area contributed by atoms with Gasteiger partial charge in [0.05, 0.1) is 18.5 Å². The summed E-state index contributed by atoms with van der Waals surface area (Å²) in [5.74, 6) is -0.272. The minimum Gasteiger partial charge on any atom is -0.267 e. The van der Waals surface area contributed by atoms with Crippen molar-refractivity contribution in [3.05, 3.63) is 82.4 Å². The molecule has 1 aromatic carbocycles. The summed E-state index contributed by atoms with van der Waals surface area (Å²) in [4.78, 5) is 15.9. The van der Waals surface area contributed by atoms with E-state index in [0.717, 1.165) is 17.0 Å². The summed E-state index contributed by atoms with van der Waals surface area (Å²) < 4.78 is 1.95. The zero-order valence-corrected chi connectivity index (χ0v) is 15.1. The van der Waals surface area contributed by atoms with Gasteiger partial charge in [0.2, 0.25) is 0 Å². The molecule has 1 amide bonds. The average Bonchev–Trinajstić information content (AvgIpc) is 2.91. The van der Waals surface area contributed by atoms with Crippen LogP contribution >= 0.6 is 0 Å². The molecule has 3 rings (SSSR count). The third-order valence-electron chi connectivity index (χ3n) is 4.19. The normalized spacial score (nSPS) is 11.0. The first-order valence-corrected chi connectivity index (χ1v) is 8.37. The second-order valence-corrected chi connectivity index (χ2v) is 6.16. The van der Waals surface area contributed by atoms with Gasteiger partial charge >= 0.3 is 0 Å². The molecular weight excluding hydrogens is 326 g/mol. The van der Waals surface area contributed by atoms with Gasteiger partial charge in [-0.2, -0.15) is 10.2 Å². The SMILES string of the molecule is Cc1ccc(Cn2nc(C)c(/C=N/NC(=O)c3ccncc3)c2C)cc1. The molecule has 6 nitrogen and oxygen atoms in total. The average molecular weight is 347 g/mol. The number of nitrogens with zero attached hydrogens (tertiary/aromatic N) is 4. The van der Waals surface area contributed by atoms with Crippen LogP contribution in [0.4, 0.5) is 0 Å². The molecule has 2 aromatic heterocycles. The highest BCUT2D eigenvalue weighted by Crippen LogP contribution is 2.13. The van der Waals surface area contributed by atoms with Crippen LogP contribution in [0.25, 0.3) is 0 Å². The number of hydrogen-bond acceptors (Lipinski definition) is 4. The number of carbonyl (C=O) groups is 1. The summed E-state index contributed by atoms with van der Waals surface area (Å²) in [5, 5.41) is 8.66. The molecule has 0 bridgehead atoms. The van der Waals surface area contributed by atoms with Crippen LogP contribution in [-0.4, -0.2) is 26.9 Å². The predicted octanol–water partition coefficient (Wildman–Crippen LogP) is 3.02. The zero-order valence-electron chi connectivity index (χ0n) is 15.1. The summed E-state index contributed by atoms with van der Waals surface area (Å²) in [7, 11) is 0. The lowest BCUT2D eigenvalue weighted by Gasteiger charge is -2.05. The quantitative estimate of drug-likeness (QED) is 0.570. The molecule has 0 unspecified atom stereocenters. The highest BCUT2D eigenvalue weighted by atomic mass is 16.2. The van der Waals surface area contributed by atoms with Gasteiger partial charge in [0, 0.05) is 29.2 Å². The summed E-state index contributed by atoms with van der Waals surface area (Å²) >= 11 is 0. The molecule has 26 heavy (non-hydrogen) atoms. The molecule has 0 spiro atoms. The molecule has 132 valence electrons. The van der Waals surface area contributed by atoms with E-state index in [2.05, 4.69) is 51.8 Å². The van der Waals surface area contributed by atoms with Crippen molar-refractivity contribution in [3.63, 3.8) is 0 Å². The monoisotopic (exact) mass is 347 g/mol. The Kier molecular flexibility index (Phi) is 5.22. The standard InChI is InChI=1S/C20H21N5O/c1-14-4-6-17(7-5-14)13-25-16(3)19(15(2)24-25)12-22-23-20(26)18-8-10-21-11-9-18/h4-12H,13H2,1-3H3,(H,23,26)/b22-12+. The summed E-state index contributed by atoms with van der Waals surface area (Å²) in [5.41, 5.74) is 8.26. The smallest absolute Gasteiger partial charge is 0.267 e. The van der Waals surface area contributed by atoms with E-state index in [1.54, 1.807) is 30.7 Å². The molecule has 0 aliphatic carbocycles. The van der Waals surface area contributed by atoms with Crippen molar-refractivity contribution < 1.29 is 4.79 Å². The van der Waals surface area contributed by atoms with Crippen LogP contribution in [0.2, 0.25) is 0 Å². The van der Waals surface area contributed by atoms with E-state index in [0.29, 0.717) is 12.1 Å². The number of aromatic nitrogens is 3. The van der Waals surface area contributed by atoms with Gasteiger partial charge in [-0.15, -0.1) is 0 Å². The van der Waals surface area contributed by atoms with Gasteiger partial charge in [0.25, 0.3) is 5.91 Å². The van der Waals surface area contributed by atoms with Crippen LogP contribution in [-0.2, 0) is 6.54 Å². The molecule has 2 heterocycles. The fourth-order valence-corrected chi connectivity index (χ4v) is 2.64. The maximum atomic E-state index is 12.0. The van der Waals surface area contributed by atoms with E-state index in [1.165, 1.54) is 11.1 Å². The van der Waals surface area contributed by atoms with E-state index < -0.39 is 0 Å². The van der Waals surface area contributed by atoms with E-state index in [1.807, 2.05) is 18.5 Å². The number of nitrogens with one attached hydrogen (secondary N) is 1. The van der Waals surface area contributed by atoms with Gasteiger partial charge in [-0.25, -0.2) is 5.43 Å². The zero-order chi connectivity index (χ0) is 18.5. The number of hydrazone groups is 1. The third kappa shape index (κ3) is 4.03. The number of pyridine rings is 1.